The highest BCUT2D eigenvalue weighted by Crippen LogP contribution is 2.35. The topological polar surface area (TPSA) is 116 Å². The molecule has 9 saturated heterocycles. The summed E-state index contributed by atoms with van der Waals surface area (Å²) in [5, 5.41) is 10.1. The summed E-state index contributed by atoms with van der Waals surface area (Å²) in [5.41, 5.74) is 0. The van der Waals surface area contributed by atoms with E-state index in [-0.39, 0.29) is 0 Å². The van der Waals surface area contributed by atoms with Crippen LogP contribution in [0.25, 0.3) is 0 Å². The quantitative estimate of drug-likeness (QED) is 0.0664. The van der Waals surface area contributed by atoms with Crippen LogP contribution < -0.4 is 16.0 Å². The van der Waals surface area contributed by atoms with Crippen LogP contribution in [0.1, 0.15) is 512 Å². The van der Waals surface area contributed by atoms with E-state index >= 15 is 0 Å². The number of rotatable bonds is 31. The second kappa shape index (κ2) is 97.6. The van der Waals surface area contributed by atoms with Crippen LogP contribution in [0.5, 0.6) is 0 Å². The molecule has 9 aliphatic heterocycles. The molecule has 13 heteroatoms. The molecular weight excluding hydrogens is 1750 g/mol. The summed E-state index contributed by atoms with van der Waals surface area (Å²) < 4.78 is 5.53. The van der Waals surface area contributed by atoms with Gasteiger partial charge in [-0.1, -0.05) is 362 Å². The van der Waals surface area contributed by atoms with Crippen LogP contribution in [0.4, 0.5) is 0 Å². The highest BCUT2D eigenvalue weighted by molar-refractivity contribution is 5.77. The van der Waals surface area contributed by atoms with Crippen LogP contribution in [-0.2, 0) is 19.1 Å². The normalized spacial score (nSPS) is 21.8. The molecule has 0 spiro atoms. The van der Waals surface area contributed by atoms with Crippen LogP contribution in [0, 0.1) is 124 Å². The average Bonchev–Trinajstić information content (AvgIpc) is 1.77. The van der Waals surface area contributed by atoms with Crippen molar-refractivity contribution in [3.05, 3.63) is 36.4 Å². The lowest BCUT2D eigenvalue weighted by atomic mass is 9.78. The maximum absolute atomic E-state index is 11.5. The van der Waals surface area contributed by atoms with Gasteiger partial charge in [0, 0.05) is 78.2 Å². The van der Waals surface area contributed by atoms with Crippen molar-refractivity contribution in [3.8, 4) is 0 Å². The van der Waals surface area contributed by atoms with Crippen molar-refractivity contribution >= 4 is 17.7 Å². The van der Waals surface area contributed by atoms with Crippen LogP contribution >= 0.6 is 0 Å². The third kappa shape index (κ3) is 91.7. The molecule has 143 heavy (non-hydrogen) atoms. The van der Waals surface area contributed by atoms with Gasteiger partial charge in [-0.05, 0) is 370 Å². The van der Waals surface area contributed by atoms with Crippen molar-refractivity contribution in [1.82, 2.24) is 45.3 Å². The third-order valence-electron chi connectivity index (χ3n) is 29.6. The van der Waals surface area contributed by atoms with Crippen molar-refractivity contribution in [2.24, 2.45) is 124 Å². The first-order chi connectivity index (χ1) is 68.2. The Morgan fingerprint density at radius 2 is 0.601 bits per heavy atom. The fourth-order valence-electron chi connectivity index (χ4n) is 22.1. The largest absolute Gasteiger partial charge is 0.376 e. The molecule has 0 bridgehead atoms. The van der Waals surface area contributed by atoms with Crippen LogP contribution in [0.2, 0.25) is 0 Å². The lowest BCUT2D eigenvalue weighted by molar-refractivity contribution is -0.133. The molecule has 3 N–H and O–H groups in total. The molecule has 5 unspecified atom stereocenters. The summed E-state index contributed by atoms with van der Waals surface area (Å²) in [6.45, 7) is 102. The molecule has 852 valence electrons. The Hall–Kier alpha value is -2.65. The van der Waals surface area contributed by atoms with Gasteiger partial charge in [-0.3, -0.25) is 14.4 Å². The Balaban J connectivity index is -0.00000149. The van der Waals surface area contributed by atoms with Crippen molar-refractivity contribution < 1.29 is 19.1 Å². The van der Waals surface area contributed by atoms with Gasteiger partial charge in [-0.2, -0.15) is 0 Å². The number of carbonyl (C=O) groups excluding carboxylic acids is 3. The number of piperidine rings is 5. The second-order valence-electron chi connectivity index (χ2n) is 51.0. The summed E-state index contributed by atoms with van der Waals surface area (Å²) in [6, 6.07) is 12.0. The fraction of sp³-hybridized carbons (Fsp3) is 0.931. The maximum atomic E-state index is 11.5. The van der Waals surface area contributed by atoms with Crippen LogP contribution in [0.15, 0.2) is 36.4 Å². The van der Waals surface area contributed by atoms with E-state index in [1.807, 2.05) is 64.9 Å². The number of ether oxygens (including phenoxy) is 1. The molecule has 11 fully saturated rings. The highest BCUT2D eigenvalue weighted by Gasteiger charge is 2.29. The molecule has 5 atom stereocenters. The minimum atomic E-state index is 0.325. The number of morpholine rings is 1. The van der Waals surface area contributed by atoms with E-state index in [0.29, 0.717) is 42.6 Å². The monoisotopic (exact) mass is 2020 g/mol. The smallest absolute Gasteiger partial charge is 0.222 e. The van der Waals surface area contributed by atoms with Crippen LogP contribution in [0.3, 0.4) is 0 Å². The van der Waals surface area contributed by atoms with Gasteiger partial charge in [-0.25, -0.2) is 0 Å². The summed E-state index contributed by atoms with van der Waals surface area (Å²) in [4.78, 5) is 48.2. The summed E-state index contributed by atoms with van der Waals surface area (Å²) >= 11 is 0. The zero-order valence-electron chi connectivity index (χ0n) is 103. The highest BCUT2D eigenvalue weighted by atomic mass is 16.5. The summed E-state index contributed by atoms with van der Waals surface area (Å²) in [6.07, 6.45) is 57.9. The first-order valence-electron chi connectivity index (χ1n) is 62.9. The maximum Gasteiger partial charge on any atom is 0.222 e. The Bertz CT molecular complexity index is 2680. The summed E-state index contributed by atoms with van der Waals surface area (Å²) in [7, 11) is 0. The molecule has 1 aromatic carbocycles. The van der Waals surface area contributed by atoms with E-state index in [2.05, 4.69) is 252 Å². The van der Waals surface area contributed by atoms with Crippen molar-refractivity contribution in [1.29, 1.82) is 0 Å². The van der Waals surface area contributed by atoms with E-state index in [1.54, 1.807) is 0 Å². The van der Waals surface area contributed by atoms with Gasteiger partial charge < -0.3 is 50.1 Å². The Labute approximate surface area is 899 Å². The van der Waals surface area contributed by atoms with Crippen LogP contribution in [-0.4, -0.2) is 197 Å². The Morgan fingerprint density at radius 1 is 0.273 bits per heavy atom. The molecule has 11 aliphatic rings. The molecule has 12 rings (SSSR count). The zero-order chi connectivity index (χ0) is 108. The molecule has 3 amide bonds. The molecule has 0 aromatic heterocycles. The number of carbonyl (C=O) groups is 3. The molecule has 13 nitrogen and oxygen atoms in total. The second-order valence-corrected chi connectivity index (χ2v) is 51.0. The molecule has 0 radical (unpaired) electrons. The number of amides is 3. The lowest BCUT2D eigenvalue weighted by Gasteiger charge is -2.32. The first kappa shape index (κ1) is 144. The predicted molar refractivity (Wildman–Crippen MR) is 639 cm³/mol. The molecule has 2 aliphatic carbocycles. The zero-order valence-corrected chi connectivity index (χ0v) is 103. The van der Waals surface area contributed by atoms with Crippen molar-refractivity contribution in [2.45, 2.75) is 518 Å². The van der Waals surface area contributed by atoms with E-state index in [0.717, 1.165) is 184 Å². The number of hydrogen-bond donors (Lipinski definition) is 3. The van der Waals surface area contributed by atoms with Gasteiger partial charge in [0.2, 0.25) is 17.7 Å². The molecule has 2 saturated carbocycles. The van der Waals surface area contributed by atoms with Crippen molar-refractivity contribution in [3.63, 3.8) is 0 Å². The minimum Gasteiger partial charge on any atom is -0.376 e. The van der Waals surface area contributed by atoms with E-state index in [4.69, 9.17) is 4.74 Å². The SMILES string of the molecule is CC(C)CC(=O)N1CCCCC1.CC(C)CC1CCCCC1.CC(C)CC1CCCNC1.CC(C)CC1CCNC1.CC(C)CC1CNCCO1.CC(C)CCN1CCCCC1.CCC.CCC.CCC(=O)N1CCC(CC(C)C)C1.CCC(=O)N1CCC(CC(C)C)CC1.CCC(C)C.CCC1CCC(CC(C)C)CC1.CCCN1CCC(CC(C)C)C1.CCCN1CCC(CC(C)C)CC1.c1ccccc1. The van der Waals surface area contributed by atoms with E-state index < -0.39 is 0 Å². The number of nitrogens with zero attached hydrogens (tertiary/aromatic N) is 6. The number of benzene rings is 1. The molecule has 1 aromatic rings. The molecule has 9 heterocycles. The standard InChI is InChI=1S/C12H23NO.C12H25N.C12H24.C11H21NO.C11H23N.C10H19NO.C10H21N.C10H20.C9H19N.C8H17NO.C8H17N.C6H6.C5H12.2C3H8/c1-4-12(14)13-7-5-11(6-8-13)9-10(2)3;1-4-7-13-8-5-12(6-9-13)10-11(2)3;1-4-11-5-7-12(8-6-11)9-10(2)3;1-4-11(13)12-6-5-10(8-12)7-9(2)3;1-4-6-12-7-5-11(9-12)8-10(2)3;1-9(2)8-10(12)11-6-4-3-5-7-11;1-10(2)6-9-11-7-4-3-5-8-11;1-9(2)8-10-6-4-3-5-7-10;1-8(2)6-9-4-3-5-10-7-9;1-7(2)5-8-6-9-3-4-10-8;1-7(2)5-8-3-4-9-6-8;1-2-4-6-5-3-1;1-4-5(2)3;2*1-3-2/h10-11H,4-9H2,1-3H3;11-12H,4-10H2,1-3H3;10-12H,4-9H2,1-3H3;9-10H,4-8H2,1-3H3;10-11H,4-9H2,1-3H3;9H,3-8H2,1-2H3;10H,3-9H2,1-2H3;9-10H,3-8H2,1-2H3;8-10H,3-7H2,1-2H3;7-9H,3-6H2,1-2H3;7-9H,3-6H2,1-2H3;1-6H;5H,4H2,1-3H3;2*3H2,1-2H3. The third-order valence-corrected chi connectivity index (χ3v) is 29.6. The van der Waals surface area contributed by atoms with Gasteiger partial charge in [0.15, 0.2) is 0 Å². The first-order valence-corrected chi connectivity index (χ1v) is 62.9. The molecular formula is C130H263N9O4. The van der Waals surface area contributed by atoms with Gasteiger partial charge in [0.1, 0.15) is 0 Å². The number of likely N-dealkylation sites (tertiary alicyclic amines) is 6. The van der Waals surface area contributed by atoms with Crippen molar-refractivity contribution in [2.75, 3.05) is 144 Å². The van der Waals surface area contributed by atoms with E-state index in [9.17, 15) is 14.4 Å². The Morgan fingerprint density at radius 3 is 0.993 bits per heavy atom. The van der Waals surface area contributed by atoms with Gasteiger partial charge in [0.25, 0.3) is 0 Å². The minimum absolute atomic E-state index is 0.325. The lowest BCUT2D eigenvalue weighted by Crippen LogP contribution is -2.39. The number of hydrogen-bond acceptors (Lipinski definition) is 10. The van der Waals surface area contributed by atoms with E-state index in [1.165, 1.54) is 342 Å². The fourth-order valence-corrected chi connectivity index (χ4v) is 22.1. The van der Waals surface area contributed by atoms with Gasteiger partial charge >= 0.3 is 0 Å². The Kier molecular flexibility index (Phi) is 98.6. The average molecular weight is 2020 g/mol. The van der Waals surface area contributed by atoms with Gasteiger partial charge in [-0.15, -0.1) is 0 Å². The number of nitrogens with one attached hydrogen (secondary N) is 3. The predicted octanol–water partition coefficient (Wildman–Crippen LogP) is 34.6. The summed E-state index contributed by atoms with van der Waals surface area (Å²) in [5.74, 6) is 19.7. The van der Waals surface area contributed by atoms with Gasteiger partial charge in [0.05, 0.1) is 12.7 Å².